The second kappa shape index (κ2) is 15.9. The van der Waals surface area contributed by atoms with Crippen molar-refractivity contribution in [2.45, 2.75) is 210 Å². The molecule has 1 heteroatoms. The molecular formula is C60H92Si. The van der Waals surface area contributed by atoms with E-state index in [9.17, 15) is 0 Å². The predicted octanol–water partition coefficient (Wildman–Crippen LogP) is 18.1. The van der Waals surface area contributed by atoms with Gasteiger partial charge in [-0.2, -0.15) is 0 Å². The van der Waals surface area contributed by atoms with Gasteiger partial charge in [0.25, 0.3) is 0 Å². The summed E-state index contributed by atoms with van der Waals surface area (Å²) in [5.41, 5.74) is 17.7. The van der Waals surface area contributed by atoms with Crippen molar-refractivity contribution in [3.63, 3.8) is 0 Å². The Morgan fingerprint density at radius 2 is 0.721 bits per heavy atom. The van der Waals surface area contributed by atoms with E-state index in [0.717, 1.165) is 23.9 Å². The van der Waals surface area contributed by atoms with Gasteiger partial charge in [-0.1, -0.05) is 223 Å². The molecule has 4 aliphatic rings. The summed E-state index contributed by atoms with van der Waals surface area (Å²) in [6.07, 6.45) is 16.0. The third-order valence-electron chi connectivity index (χ3n) is 15.7. The molecule has 0 spiro atoms. The van der Waals surface area contributed by atoms with Crippen LogP contribution < -0.4 is 0 Å². The van der Waals surface area contributed by atoms with E-state index in [2.05, 4.69) is 212 Å². The fraction of sp³-hybridized carbons (Fsp3) is 0.667. The molecule has 6 rings (SSSR count). The Kier molecular flexibility index (Phi) is 12.6. The fourth-order valence-electron chi connectivity index (χ4n) is 13.0. The minimum absolute atomic E-state index is 0.0965. The van der Waals surface area contributed by atoms with E-state index in [0.29, 0.717) is 35.5 Å². The highest BCUT2D eigenvalue weighted by molar-refractivity contribution is 6.80. The van der Waals surface area contributed by atoms with Gasteiger partial charge in [-0.05, 0) is 149 Å². The molecule has 2 saturated carbocycles. The zero-order valence-electron chi connectivity index (χ0n) is 43.7. The molecule has 0 bridgehead atoms. The van der Waals surface area contributed by atoms with Crippen LogP contribution in [0.15, 0.2) is 71.8 Å². The second-order valence-corrected chi connectivity index (χ2v) is 33.4. The summed E-state index contributed by atoms with van der Waals surface area (Å²) in [6.45, 7) is 54.5. The molecule has 0 aromatic heterocycles. The Hall–Kier alpha value is -2.38. The van der Waals surface area contributed by atoms with E-state index in [4.69, 9.17) is 0 Å². The zero-order valence-corrected chi connectivity index (χ0v) is 44.7. The molecule has 8 unspecified atom stereocenters. The first-order valence-electron chi connectivity index (χ1n) is 24.7. The van der Waals surface area contributed by atoms with Gasteiger partial charge >= 0.3 is 0 Å². The minimum Gasteiger partial charge on any atom is -0.0776 e. The van der Waals surface area contributed by atoms with E-state index in [1.165, 1.54) is 46.2 Å². The highest BCUT2D eigenvalue weighted by Crippen LogP contribution is 2.66. The molecule has 0 heterocycles. The quantitative estimate of drug-likeness (QED) is 0.254. The molecule has 336 valence electrons. The molecule has 2 fully saturated rings. The minimum atomic E-state index is -1.92. The number of rotatable bonds is 6. The summed E-state index contributed by atoms with van der Waals surface area (Å²) in [5.74, 6) is 3.78. The summed E-state index contributed by atoms with van der Waals surface area (Å²) < 4.78 is 0. The summed E-state index contributed by atoms with van der Waals surface area (Å²) >= 11 is 0. The van der Waals surface area contributed by atoms with E-state index < -0.39 is 8.07 Å². The molecule has 2 aromatic rings. The number of hydrogen-bond acceptors (Lipinski definition) is 0. The monoisotopic (exact) mass is 841 g/mol. The number of benzene rings is 2. The molecule has 0 radical (unpaired) electrons. The highest BCUT2D eigenvalue weighted by atomic mass is 28.3. The molecule has 0 nitrogen and oxygen atoms in total. The third kappa shape index (κ3) is 10.3. The lowest BCUT2D eigenvalue weighted by Gasteiger charge is -2.46. The molecule has 0 saturated heterocycles. The molecule has 0 amide bonds. The van der Waals surface area contributed by atoms with Gasteiger partial charge in [0.2, 0.25) is 0 Å². The van der Waals surface area contributed by atoms with Crippen molar-refractivity contribution in [2.24, 2.45) is 46.3 Å². The van der Waals surface area contributed by atoms with E-state index >= 15 is 0 Å². The Bertz CT molecular complexity index is 1870. The van der Waals surface area contributed by atoms with Gasteiger partial charge in [-0.25, -0.2) is 0 Å². The summed E-state index contributed by atoms with van der Waals surface area (Å²) in [5, 5.41) is 0. The smallest absolute Gasteiger partial charge is 0.0553 e. The third-order valence-corrected chi connectivity index (χ3v) is 21.1. The standard InChI is InChI=1S/C60H92Si/c1-37-23-49-47(41-29-43(57(9,10)11)33-44(30-41)58(12,13)14)25-39(35-55(3,4)5)27-51(49)53(37)61(21,22)54-38(2)24-50-48(26-40(28-52(50)54)36-56(6,7)8)42-31-45(59(15,16)17)34-46(32-42)60(18,19)20/h25-34,37-38,49-54H,23-24,35-36H2,1-22H3. The summed E-state index contributed by atoms with van der Waals surface area (Å²) in [4.78, 5) is 0. The topological polar surface area (TPSA) is 0 Å². The van der Waals surface area contributed by atoms with Gasteiger partial charge in [-0.3, -0.25) is 0 Å². The van der Waals surface area contributed by atoms with E-state index in [1.54, 1.807) is 22.3 Å². The van der Waals surface area contributed by atoms with Crippen molar-refractivity contribution >= 4 is 19.2 Å². The fourth-order valence-corrected chi connectivity index (χ4v) is 19.3. The molecular weight excluding hydrogens is 749 g/mol. The summed E-state index contributed by atoms with van der Waals surface area (Å²) in [6, 6.07) is 15.4. The molecule has 4 aliphatic carbocycles. The predicted molar refractivity (Wildman–Crippen MR) is 274 cm³/mol. The molecule has 2 aromatic carbocycles. The van der Waals surface area contributed by atoms with Crippen LogP contribution in [0.1, 0.15) is 198 Å². The van der Waals surface area contributed by atoms with Crippen LogP contribution in [0.4, 0.5) is 0 Å². The van der Waals surface area contributed by atoms with Crippen LogP contribution in [0.3, 0.4) is 0 Å². The van der Waals surface area contributed by atoms with Crippen LogP contribution >= 0.6 is 0 Å². The lowest BCUT2D eigenvalue weighted by Crippen LogP contribution is -2.46. The van der Waals surface area contributed by atoms with Gasteiger partial charge in [0.05, 0.1) is 8.07 Å². The van der Waals surface area contributed by atoms with Crippen molar-refractivity contribution in [3.8, 4) is 0 Å². The first kappa shape index (κ1) is 48.1. The maximum absolute atomic E-state index is 2.88. The average molecular weight is 841 g/mol. The SMILES string of the molecule is CC1CC2C(c3cc(C(C)(C)C)cc(C(C)(C)C)c3)=CC(CC(C)(C)C)=CC2C1[Si](C)(C)C1C(C)CC2C(c3cc(C(C)(C)C)cc(C(C)(C)C)c3)=CC(CC(C)(C)C)=CC21. The Balaban J connectivity index is 1.47. The zero-order chi connectivity index (χ0) is 45.8. The van der Waals surface area contributed by atoms with Crippen LogP contribution in [0.5, 0.6) is 0 Å². The molecule has 0 aliphatic heterocycles. The molecule has 8 atom stereocenters. The maximum atomic E-state index is 2.88. The normalized spacial score (nSPS) is 27.9. The summed E-state index contributed by atoms with van der Waals surface area (Å²) in [7, 11) is -1.92. The number of fused-ring (bicyclic) bond motifs is 2. The van der Waals surface area contributed by atoms with E-state index in [-0.39, 0.29) is 32.5 Å². The molecule has 61 heavy (non-hydrogen) atoms. The van der Waals surface area contributed by atoms with Gasteiger partial charge in [0, 0.05) is 0 Å². The van der Waals surface area contributed by atoms with Crippen molar-refractivity contribution < 1.29 is 0 Å². The van der Waals surface area contributed by atoms with Crippen molar-refractivity contribution in [1.82, 2.24) is 0 Å². The van der Waals surface area contributed by atoms with Crippen molar-refractivity contribution in [3.05, 3.63) is 105 Å². The van der Waals surface area contributed by atoms with Gasteiger partial charge in [0.1, 0.15) is 0 Å². The lowest BCUT2D eigenvalue weighted by atomic mass is 9.73. The van der Waals surface area contributed by atoms with Gasteiger partial charge in [-0.15, -0.1) is 0 Å². The number of hydrogen-bond donors (Lipinski definition) is 0. The van der Waals surface area contributed by atoms with Crippen LogP contribution in [0, 0.1) is 46.3 Å². The van der Waals surface area contributed by atoms with Crippen LogP contribution in [0.25, 0.3) is 11.1 Å². The van der Waals surface area contributed by atoms with Crippen LogP contribution in [-0.2, 0) is 21.7 Å². The lowest BCUT2D eigenvalue weighted by molar-refractivity contribution is 0.407. The number of allylic oxidation sites excluding steroid dienone is 8. The highest BCUT2D eigenvalue weighted by Gasteiger charge is 2.58. The largest absolute Gasteiger partial charge is 0.0776 e. The average Bonchev–Trinajstić information content (AvgIpc) is 3.60. The maximum Gasteiger partial charge on any atom is 0.0553 e. The van der Waals surface area contributed by atoms with Crippen LogP contribution in [0.2, 0.25) is 24.2 Å². The first-order valence-corrected chi connectivity index (χ1v) is 27.9. The first-order chi connectivity index (χ1) is 27.5. The van der Waals surface area contributed by atoms with Gasteiger partial charge < -0.3 is 0 Å². The van der Waals surface area contributed by atoms with Crippen molar-refractivity contribution in [2.75, 3.05) is 0 Å². The Morgan fingerprint density at radius 1 is 0.443 bits per heavy atom. The second-order valence-electron chi connectivity index (χ2n) is 28.4. The van der Waals surface area contributed by atoms with Crippen LogP contribution in [-0.4, -0.2) is 8.07 Å². The van der Waals surface area contributed by atoms with E-state index in [1.807, 2.05) is 0 Å². The van der Waals surface area contributed by atoms with Crippen molar-refractivity contribution in [1.29, 1.82) is 0 Å². The molecule has 0 N–H and O–H groups in total. The Morgan fingerprint density at radius 3 is 0.967 bits per heavy atom. The Labute approximate surface area is 379 Å². The van der Waals surface area contributed by atoms with Gasteiger partial charge in [0.15, 0.2) is 0 Å².